The van der Waals surface area contributed by atoms with Gasteiger partial charge in [-0.1, -0.05) is 60.1 Å². The number of aliphatic hydroxyl groups is 1. The van der Waals surface area contributed by atoms with E-state index >= 15 is 0 Å². The summed E-state index contributed by atoms with van der Waals surface area (Å²) in [5.74, 6) is 0.0512. The number of piperidine rings is 1. The van der Waals surface area contributed by atoms with Gasteiger partial charge < -0.3 is 39.0 Å². The molecular formula is C55H62ClN7O8. The summed E-state index contributed by atoms with van der Waals surface area (Å²) in [5, 5.41) is 20.9. The van der Waals surface area contributed by atoms with Gasteiger partial charge in [0, 0.05) is 84.0 Å². The Balaban J connectivity index is 0.900. The van der Waals surface area contributed by atoms with E-state index in [1.54, 1.807) is 18.2 Å². The zero-order valence-electron chi connectivity index (χ0n) is 41.3. The lowest BCUT2D eigenvalue weighted by Gasteiger charge is -2.42. The lowest BCUT2D eigenvalue weighted by atomic mass is 9.98. The monoisotopic (exact) mass is 983 g/mol. The molecule has 0 radical (unpaired) electrons. The quantitative estimate of drug-likeness (QED) is 0.0817. The highest BCUT2D eigenvalue weighted by molar-refractivity contribution is 6.35. The van der Waals surface area contributed by atoms with Crippen molar-refractivity contribution in [3.05, 3.63) is 112 Å². The molecule has 4 aromatic carbocycles. The van der Waals surface area contributed by atoms with Gasteiger partial charge in [0.2, 0.25) is 5.91 Å². The van der Waals surface area contributed by atoms with E-state index in [0.29, 0.717) is 92.6 Å². The number of hydrogen-bond acceptors (Lipinski definition) is 10. The second-order valence-corrected chi connectivity index (χ2v) is 21.0. The van der Waals surface area contributed by atoms with E-state index in [0.717, 1.165) is 68.3 Å². The summed E-state index contributed by atoms with van der Waals surface area (Å²) in [5.41, 5.74) is 5.89. The fourth-order valence-electron chi connectivity index (χ4n) is 11.1. The van der Waals surface area contributed by atoms with E-state index < -0.39 is 23.8 Å². The number of benzene rings is 4. The molecule has 2 saturated heterocycles. The van der Waals surface area contributed by atoms with Crippen LogP contribution in [-0.2, 0) is 40.9 Å². The van der Waals surface area contributed by atoms with E-state index in [-0.39, 0.29) is 36.4 Å². The van der Waals surface area contributed by atoms with E-state index in [2.05, 4.69) is 33.0 Å². The van der Waals surface area contributed by atoms with Crippen molar-refractivity contribution in [3.8, 4) is 22.6 Å². The van der Waals surface area contributed by atoms with Gasteiger partial charge in [0.05, 0.1) is 29.4 Å². The van der Waals surface area contributed by atoms with Crippen molar-refractivity contribution in [3.63, 3.8) is 0 Å². The molecule has 4 aliphatic rings. The minimum Gasteiger partial charge on any atom is -0.493 e. The van der Waals surface area contributed by atoms with Gasteiger partial charge >= 0.3 is 5.97 Å². The van der Waals surface area contributed by atoms with Crippen LogP contribution in [0, 0.1) is 13.8 Å². The number of hydrogen-bond donors (Lipinski definition) is 2. The highest BCUT2D eigenvalue weighted by Gasteiger charge is 2.52. The minimum absolute atomic E-state index is 0.144. The summed E-state index contributed by atoms with van der Waals surface area (Å²) < 4.78 is 22.8. The molecule has 3 aliphatic heterocycles. The minimum atomic E-state index is -0.922. The van der Waals surface area contributed by atoms with Gasteiger partial charge in [-0.3, -0.25) is 24.0 Å². The SMILES string of the molecule is Cc1nn(C)c(C)c1-c1c(Cl)ccc2c(CCCOc3cccc4ccccc34)c(C(=O)OC(C)(C)C)n(CCN3CCN(C(=O)COc4cccc5c4CN(C4CCC(O)NC4=O)C5=O)CC34CC4)c12. The number of aryl methyl sites for hydroxylation is 3. The molecule has 2 aromatic heterocycles. The summed E-state index contributed by atoms with van der Waals surface area (Å²) in [7, 11) is 1.93. The van der Waals surface area contributed by atoms with Gasteiger partial charge in [0.25, 0.3) is 11.8 Å². The summed E-state index contributed by atoms with van der Waals surface area (Å²) >= 11 is 7.27. The molecule has 2 N–H and O–H groups in total. The molecule has 3 fully saturated rings. The third-order valence-corrected chi connectivity index (χ3v) is 15.1. The number of nitrogens with one attached hydrogen (secondary N) is 1. The van der Waals surface area contributed by atoms with Crippen molar-refractivity contribution in [2.75, 3.05) is 39.4 Å². The number of piperazine rings is 1. The number of ether oxygens (including phenoxy) is 3. The van der Waals surface area contributed by atoms with E-state index in [4.69, 9.17) is 30.9 Å². The predicted octanol–water partition coefficient (Wildman–Crippen LogP) is 7.74. The Morgan fingerprint density at radius 3 is 2.41 bits per heavy atom. The van der Waals surface area contributed by atoms with Crippen molar-refractivity contribution in [1.82, 2.24) is 34.4 Å². The van der Waals surface area contributed by atoms with Crippen molar-refractivity contribution in [1.29, 1.82) is 0 Å². The molecular weight excluding hydrogens is 922 g/mol. The maximum atomic E-state index is 14.8. The Morgan fingerprint density at radius 2 is 1.66 bits per heavy atom. The molecule has 1 saturated carbocycles. The number of fused-ring (bicyclic) bond motifs is 3. The van der Waals surface area contributed by atoms with E-state index in [9.17, 15) is 24.3 Å². The second-order valence-electron chi connectivity index (χ2n) is 20.5. The van der Waals surface area contributed by atoms with Crippen LogP contribution in [0.3, 0.4) is 0 Å². The number of halogens is 1. The lowest BCUT2D eigenvalue weighted by molar-refractivity contribution is -0.137. The number of amides is 3. The fourth-order valence-corrected chi connectivity index (χ4v) is 11.3. The number of esters is 1. The molecule has 372 valence electrons. The van der Waals surface area contributed by atoms with Crippen molar-refractivity contribution in [2.24, 2.45) is 7.05 Å². The third-order valence-electron chi connectivity index (χ3n) is 14.8. The van der Waals surface area contributed by atoms with E-state index in [1.165, 1.54) is 4.90 Å². The molecule has 1 spiro atoms. The van der Waals surface area contributed by atoms with Crippen LogP contribution in [0.1, 0.15) is 96.2 Å². The number of carbonyl (C=O) groups excluding carboxylic acids is 4. The highest BCUT2D eigenvalue weighted by atomic mass is 35.5. The largest absolute Gasteiger partial charge is 0.493 e. The maximum Gasteiger partial charge on any atom is 0.355 e. The first-order valence-electron chi connectivity index (χ1n) is 24.8. The van der Waals surface area contributed by atoms with Crippen LogP contribution in [0.5, 0.6) is 11.5 Å². The topological polar surface area (TPSA) is 161 Å². The average molecular weight is 985 g/mol. The first-order valence-corrected chi connectivity index (χ1v) is 25.1. The average Bonchev–Trinajstić information content (AvgIpc) is 3.81. The third kappa shape index (κ3) is 9.23. The first-order chi connectivity index (χ1) is 34.0. The van der Waals surface area contributed by atoms with Crippen LogP contribution in [0.15, 0.2) is 72.8 Å². The summed E-state index contributed by atoms with van der Waals surface area (Å²) in [6.45, 7) is 12.8. The molecule has 10 rings (SSSR count). The Bertz CT molecular complexity index is 3090. The van der Waals surface area contributed by atoms with Gasteiger partial charge in [0.15, 0.2) is 6.61 Å². The zero-order valence-corrected chi connectivity index (χ0v) is 42.1. The Morgan fingerprint density at radius 1 is 0.901 bits per heavy atom. The van der Waals surface area contributed by atoms with Crippen molar-refractivity contribution < 1.29 is 38.5 Å². The molecule has 2 unspecified atom stereocenters. The molecule has 3 amide bonds. The number of rotatable bonds is 14. The van der Waals surface area contributed by atoms with Gasteiger partial charge in [-0.25, -0.2) is 4.79 Å². The number of carbonyl (C=O) groups is 4. The smallest absolute Gasteiger partial charge is 0.355 e. The van der Waals surface area contributed by atoms with Gasteiger partial charge in [-0.05, 0) is 108 Å². The normalized spacial score (nSPS) is 18.9. The molecule has 15 nitrogen and oxygen atoms in total. The van der Waals surface area contributed by atoms with Crippen LogP contribution in [0.4, 0.5) is 0 Å². The first kappa shape index (κ1) is 48.2. The Labute approximate surface area is 418 Å². The molecule has 1 aliphatic carbocycles. The number of aliphatic hydroxyl groups excluding tert-OH is 1. The lowest BCUT2D eigenvalue weighted by Crippen LogP contribution is -2.57. The summed E-state index contributed by atoms with van der Waals surface area (Å²) in [6, 6.07) is 22.7. The summed E-state index contributed by atoms with van der Waals surface area (Å²) in [6.07, 6.45) is 2.81. The number of aromatic nitrogens is 3. The predicted molar refractivity (Wildman–Crippen MR) is 271 cm³/mol. The zero-order chi connectivity index (χ0) is 49.9. The van der Waals surface area contributed by atoms with Gasteiger partial charge in [0.1, 0.15) is 35.1 Å². The van der Waals surface area contributed by atoms with Crippen LogP contribution in [-0.4, -0.2) is 121 Å². The van der Waals surface area contributed by atoms with Crippen LogP contribution >= 0.6 is 11.6 Å². The fraction of sp³-hybridized carbons (Fsp3) is 0.436. The Kier molecular flexibility index (Phi) is 12.9. The molecule has 5 heterocycles. The van der Waals surface area contributed by atoms with Crippen molar-refractivity contribution in [2.45, 2.75) is 110 Å². The second kappa shape index (κ2) is 19.0. The van der Waals surface area contributed by atoms with Crippen LogP contribution in [0.25, 0.3) is 32.8 Å². The summed E-state index contributed by atoms with van der Waals surface area (Å²) in [4.78, 5) is 60.8. The van der Waals surface area contributed by atoms with Crippen LogP contribution in [0.2, 0.25) is 5.02 Å². The molecule has 2 atom stereocenters. The standard InChI is InChI=1S/C55H62ClN7O8/c1-33-47(34(2)59(6)58-33)48-41(56)20-19-38-37(16-11-29-69-43-17-9-13-35-12-7-8-14-36(35)43)50(53(68)71-54(3,4)5)62(49(38)48)28-27-61-26-25-60(32-55(61)23-24-55)46(65)31-70-44-18-10-15-39-40(44)30-63(52(39)67)42-21-22-45(64)57-51(42)66/h7-10,12-15,17-20,42,45,64H,11,16,21-32H2,1-6H3,(H,57,66). The molecule has 6 aromatic rings. The highest BCUT2D eigenvalue weighted by Crippen LogP contribution is 2.46. The van der Waals surface area contributed by atoms with Crippen LogP contribution < -0.4 is 14.8 Å². The number of nitrogens with zero attached hydrogens (tertiary/aromatic N) is 6. The van der Waals surface area contributed by atoms with Gasteiger partial charge in [-0.2, -0.15) is 5.10 Å². The van der Waals surface area contributed by atoms with Crippen molar-refractivity contribution >= 4 is 57.0 Å². The molecule has 71 heavy (non-hydrogen) atoms. The van der Waals surface area contributed by atoms with E-state index in [1.807, 2.05) is 87.6 Å². The molecule has 16 heteroatoms. The van der Waals surface area contributed by atoms with Gasteiger partial charge in [-0.15, -0.1) is 0 Å². The Hall–Kier alpha value is -6.42. The molecule has 0 bridgehead atoms. The maximum absolute atomic E-state index is 14.8.